The van der Waals surface area contributed by atoms with Crippen LogP contribution in [0.3, 0.4) is 0 Å². The minimum atomic E-state index is -0.426. The van der Waals surface area contributed by atoms with Gasteiger partial charge in [-0.2, -0.15) is 0 Å². The van der Waals surface area contributed by atoms with E-state index in [1.165, 1.54) is 7.11 Å². The summed E-state index contributed by atoms with van der Waals surface area (Å²) in [6.07, 6.45) is 1.73. The molecule has 4 aromatic rings. The number of halogens is 1. The van der Waals surface area contributed by atoms with Crippen LogP contribution in [0.1, 0.15) is 47.7 Å². The van der Waals surface area contributed by atoms with E-state index in [1.54, 1.807) is 36.5 Å². The van der Waals surface area contributed by atoms with E-state index >= 15 is 0 Å². The normalized spacial score (nSPS) is 16.6. The Bertz CT molecular complexity index is 1570. The lowest BCUT2D eigenvalue weighted by Gasteiger charge is -2.26. The van der Waals surface area contributed by atoms with Crippen LogP contribution < -0.4 is 15.5 Å². The van der Waals surface area contributed by atoms with Crippen LogP contribution in [0.2, 0.25) is 5.02 Å². The lowest BCUT2D eigenvalue weighted by molar-refractivity contribution is -0.118. The number of amides is 1. The molecule has 8 nitrogen and oxygen atoms in total. The molecule has 1 amide bonds. The average molecular weight is 575 g/mol. The van der Waals surface area contributed by atoms with Gasteiger partial charge < -0.3 is 24.7 Å². The Kier molecular flexibility index (Phi) is 7.86. The van der Waals surface area contributed by atoms with Crippen LogP contribution in [0.25, 0.3) is 11.3 Å². The highest BCUT2D eigenvalue weighted by Crippen LogP contribution is 2.44. The quantitative estimate of drug-likeness (QED) is 0.189. The Labute approximate surface area is 242 Å². The Morgan fingerprint density at radius 1 is 1.10 bits per heavy atom. The number of benzene rings is 2. The molecule has 5 rings (SSSR count). The molecule has 10 heteroatoms. The number of ether oxygens (including phenoxy) is 1. The van der Waals surface area contributed by atoms with Crippen molar-refractivity contribution in [3.63, 3.8) is 0 Å². The SMILES string of the molecule is COC(=O)c1cccc(-c2ccc(C3C(c4ccccn4)NC(=S)N3c3ccc(NC(=O)C(C)C)c(Cl)c3)o2)c1. The topological polar surface area (TPSA) is 96.7 Å². The monoisotopic (exact) mass is 574 g/mol. The maximum Gasteiger partial charge on any atom is 0.337 e. The highest BCUT2D eigenvalue weighted by Gasteiger charge is 2.42. The van der Waals surface area contributed by atoms with Gasteiger partial charge in [0.2, 0.25) is 5.91 Å². The van der Waals surface area contributed by atoms with Gasteiger partial charge in [0.05, 0.1) is 35.1 Å². The largest absolute Gasteiger partial charge is 0.465 e. The van der Waals surface area contributed by atoms with Crippen molar-refractivity contribution in [1.82, 2.24) is 10.3 Å². The van der Waals surface area contributed by atoms with Gasteiger partial charge in [0.1, 0.15) is 17.6 Å². The van der Waals surface area contributed by atoms with Crippen molar-refractivity contribution >= 4 is 52.2 Å². The van der Waals surface area contributed by atoms with Crippen molar-refractivity contribution in [3.05, 3.63) is 101 Å². The molecule has 0 aliphatic carbocycles. The number of aromatic nitrogens is 1. The van der Waals surface area contributed by atoms with Gasteiger partial charge in [0.25, 0.3) is 0 Å². The van der Waals surface area contributed by atoms with Crippen molar-refractivity contribution in [1.29, 1.82) is 0 Å². The molecular weight excluding hydrogens is 548 g/mol. The summed E-state index contributed by atoms with van der Waals surface area (Å²) in [4.78, 5) is 30.8. The summed E-state index contributed by atoms with van der Waals surface area (Å²) in [5, 5.41) is 7.10. The molecule has 2 aromatic carbocycles. The molecule has 2 atom stereocenters. The molecule has 2 unspecified atom stereocenters. The number of carbonyl (C=O) groups is 2. The summed E-state index contributed by atoms with van der Waals surface area (Å²) in [6, 6.07) is 21.2. The maximum atomic E-state index is 12.2. The molecular formula is C30H27ClN4O4S. The van der Waals surface area contributed by atoms with Crippen molar-refractivity contribution in [2.45, 2.75) is 25.9 Å². The predicted molar refractivity (Wildman–Crippen MR) is 158 cm³/mol. The first-order valence-electron chi connectivity index (χ1n) is 12.7. The minimum Gasteiger partial charge on any atom is -0.465 e. The number of hydrogen-bond donors (Lipinski definition) is 2. The van der Waals surface area contributed by atoms with Crippen LogP contribution in [0.4, 0.5) is 11.4 Å². The fourth-order valence-electron chi connectivity index (χ4n) is 4.54. The second kappa shape index (κ2) is 11.5. The van der Waals surface area contributed by atoms with E-state index in [4.69, 9.17) is 33.0 Å². The number of furan rings is 1. The van der Waals surface area contributed by atoms with E-state index in [9.17, 15) is 9.59 Å². The summed E-state index contributed by atoms with van der Waals surface area (Å²) >= 11 is 12.4. The zero-order chi connectivity index (χ0) is 28.4. The van der Waals surface area contributed by atoms with Crippen LogP contribution in [0, 0.1) is 5.92 Å². The number of methoxy groups -OCH3 is 1. The number of carbonyl (C=O) groups excluding carboxylic acids is 2. The number of pyridine rings is 1. The van der Waals surface area contributed by atoms with Crippen molar-refractivity contribution in [2.75, 3.05) is 17.3 Å². The molecule has 0 bridgehead atoms. The third-order valence-corrected chi connectivity index (χ3v) is 7.22. The number of rotatable bonds is 7. The predicted octanol–water partition coefficient (Wildman–Crippen LogP) is 6.55. The number of hydrogen-bond acceptors (Lipinski definition) is 6. The number of nitrogens with one attached hydrogen (secondary N) is 2. The number of thiocarbonyl (C=S) groups is 1. The highest BCUT2D eigenvalue weighted by atomic mass is 35.5. The molecule has 1 aliphatic heterocycles. The number of esters is 1. The average Bonchev–Trinajstić information content (AvgIpc) is 3.59. The number of nitrogens with zero attached hydrogens (tertiary/aromatic N) is 2. The van der Waals surface area contributed by atoms with E-state index in [0.29, 0.717) is 32.9 Å². The van der Waals surface area contributed by atoms with E-state index in [1.807, 2.05) is 61.2 Å². The van der Waals surface area contributed by atoms with Gasteiger partial charge in [-0.3, -0.25) is 9.78 Å². The van der Waals surface area contributed by atoms with E-state index in [2.05, 4.69) is 15.6 Å². The molecule has 40 heavy (non-hydrogen) atoms. The first-order chi connectivity index (χ1) is 19.3. The Morgan fingerprint density at radius 2 is 1.93 bits per heavy atom. The first-order valence-corrected chi connectivity index (χ1v) is 13.4. The second-order valence-electron chi connectivity index (χ2n) is 9.58. The van der Waals surface area contributed by atoms with Gasteiger partial charge in [0, 0.05) is 23.4 Å². The number of anilines is 2. The van der Waals surface area contributed by atoms with E-state index in [0.717, 1.165) is 16.9 Å². The first kappa shape index (κ1) is 27.4. The molecule has 0 radical (unpaired) electrons. The van der Waals surface area contributed by atoms with Crippen molar-refractivity contribution in [3.8, 4) is 11.3 Å². The van der Waals surface area contributed by atoms with Crippen LogP contribution in [0.15, 0.2) is 83.4 Å². The van der Waals surface area contributed by atoms with Crippen LogP contribution >= 0.6 is 23.8 Å². The zero-order valence-corrected chi connectivity index (χ0v) is 23.6. The highest BCUT2D eigenvalue weighted by molar-refractivity contribution is 7.80. The zero-order valence-electron chi connectivity index (χ0n) is 22.1. The van der Waals surface area contributed by atoms with E-state index in [-0.39, 0.29) is 17.9 Å². The van der Waals surface area contributed by atoms with Crippen LogP contribution in [0.5, 0.6) is 0 Å². The maximum absolute atomic E-state index is 12.2. The lowest BCUT2D eigenvalue weighted by Crippen LogP contribution is -2.29. The molecule has 1 aliphatic rings. The third-order valence-electron chi connectivity index (χ3n) is 6.60. The fraction of sp³-hybridized carbons (Fsp3) is 0.200. The standard InChI is InChI=1S/C30H27ClN4O4S/c1-17(2)28(36)33-22-11-10-20(16-21(22)31)35-27(26(34-30(35)40)23-9-4-5-14-32-23)25-13-12-24(39-25)18-7-6-8-19(15-18)29(37)38-3/h4-17,26-27H,1-3H3,(H,33,36)(H,34,40). The smallest absolute Gasteiger partial charge is 0.337 e. The summed E-state index contributed by atoms with van der Waals surface area (Å²) in [5.74, 6) is 0.486. The molecule has 204 valence electrons. The van der Waals surface area contributed by atoms with Crippen molar-refractivity contribution in [2.24, 2.45) is 5.92 Å². The summed E-state index contributed by atoms with van der Waals surface area (Å²) < 4.78 is 11.3. The Hall–Kier alpha value is -4.21. The molecule has 1 saturated heterocycles. The molecule has 1 fully saturated rings. The van der Waals surface area contributed by atoms with Crippen LogP contribution in [-0.4, -0.2) is 29.1 Å². The van der Waals surface area contributed by atoms with Gasteiger partial charge >= 0.3 is 5.97 Å². The van der Waals surface area contributed by atoms with Gasteiger partial charge in [-0.05, 0) is 66.8 Å². The van der Waals surface area contributed by atoms with Gasteiger partial charge in [0.15, 0.2) is 5.11 Å². The summed E-state index contributed by atoms with van der Waals surface area (Å²) in [6.45, 7) is 3.63. The minimum absolute atomic E-state index is 0.125. The van der Waals surface area contributed by atoms with E-state index < -0.39 is 12.0 Å². The summed E-state index contributed by atoms with van der Waals surface area (Å²) in [7, 11) is 1.35. The lowest BCUT2D eigenvalue weighted by atomic mass is 10.0. The Balaban J connectivity index is 1.54. The summed E-state index contributed by atoms with van der Waals surface area (Å²) in [5.41, 5.74) is 3.19. The van der Waals surface area contributed by atoms with Crippen LogP contribution in [-0.2, 0) is 9.53 Å². The fourth-order valence-corrected chi connectivity index (χ4v) is 5.11. The molecule has 3 heterocycles. The second-order valence-corrected chi connectivity index (χ2v) is 10.4. The molecule has 2 N–H and O–H groups in total. The molecule has 0 spiro atoms. The van der Waals surface area contributed by atoms with Gasteiger partial charge in [-0.1, -0.05) is 43.6 Å². The van der Waals surface area contributed by atoms with Crippen molar-refractivity contribution < 1.29 is 18.7 Å². The molecule has 0 saturated carbocycles. The van der Waals surface area contributed by atoms with Gasteiger partial charge in [-0.25, -0.2) is 4.79 Å². The van der Waals surface area contributed by atoms with Gasteiger partial charge in [-0.15, -0.1) is 0 Å². The Morgan fingerprint density at radius 3 is 2.62 bits per heavy atom. The third kappa shape index (κ3) is 5.43. The molecule has 2 aromatic heterocycles.